The first kappa shape index (κ1) is 17.9. The van der Waals surface area contributed by atoms with Crippen LogP contribution in [0.5, 0.6) is 5.75 Å². The van der Waals surface area contributed by atoms with Crippen molar-refractivity contribution in [2.24, 2.45) is 10.8 Å². The molecule has 1 saturated carbocycles. The van der Waals surface area contributed by atoms with E-state index in [1.54, 1.807) is 42.5 Å². The number of benzene rings is 2. The molecule has 4 rings (SSSR count). The van der Waals surface area contributed by atoms with Crippen molar-refractivity contribution in [3.63, 3.8) is 0 Å². The zero-order valence-corrected chi connectivity index (χ0v) is 16.4. The van der Waals surface area contributed by atoms with Crippen LogP contribution in [0.2, 0.25) is 0 Å². The smallest absolute Gasteiger partial charge is 0.330 e. The molecule has 5 nitrogen and oxygen atoms in total. The third-order valence-electron chi connectivity index (χ3n) is 5.86. The van der Waals surface area contributed by atoms with Crippen LogP contribution >= 0.6 is 15.9 Å². The van der Waals surface area contributed by atoms with E-state index >= 15 is 0 Å². The molecule has 1 aliphatic heterocycles. The minimum absolute atomic E-state index is 0.245. The van der Waals surface area contributed by atoms with Crippen LogP contribution in [0.25, 0.3) is 0 Å². The highest BCUT2D eigenvalue weighted by atomic mass is 79.9. The van der Waals surface area contributed by atoms with Gasteiger partial charge in [0, 0.05) is 21.5 Å². The second kappa shape index (κ2) is 6.02. The number of ketones is 1. The summed E-state index contributed by atoms with van der Waals surface area (Å²) in [6.07, 6.45) is 0.307. The lowest BCUT2D eigenvalue weighted by Crippen LogP contribution is -2.40. The van der Waals surface area contributed by atoms with Gasteiger partial charge in [0.15, 0.2) is 11.2 Å². The molecule has 0 radical (unpaired) electrons. The van der Waals surface area contributed by atoms with Crippen molar-refractivity contribution in [1.29, 1.82) is 0 Å². The van der Waals surface area contributed by atoms with Gasteiger partial charge in [-0.05, 0) is 24.6 Å². The van der Waals surface area contributed by atoms with Crippen molar-refractivity contribution in [1.82, 2.24) is 0 Å². The van der Waals surface area contributed by atoms with Gasteiger partial charge in [-0.1, -0.05) is 53.2 Å². The maximum Gasteiger partial charge on any atom is 0.330 e. The van der Waals surface area contributed by atoms with Gasteiger partial charge in [-0.15, -0.1) is 0 Å². The minimum atomic E-state index is -1.66. The molecule has 3 atom stereocenters. The summed E-state index contributed by atoms with van der Waals surface area (Å²) in [4.78, 5) is 39.5. The fourth-order valence-corrected chi connectivity index (χ4v) is 5.08. The summed E-state index contributed by atoms with van der Waals surface area (Å²) < 4.78 is 11.3. The number of ether oxygens (including phenoxy) is 2. The molecule has 1 aliphatic carbocycles. The number of rotatable bonds is 4. The molecule has 1 fully saturated rings. The van der Waals surface area contributed by atoms with Gasteiger partial charge >= 0.3 is 11.9 Å². The van der Waals surface area contributed by atoms with Crippen LogP contribution in [-0.4, -0.2) is 24.8 Å². The Morgan fingerprint density at radius 3 is 2.52 bits per heavy atom. The summed E-state index contributed by atoms with van der Waals surface area (Å²) in [7, 11) is 1.23. The Labute approximate surface area is 164 Å². The van der Waals surface area contributed by atoms with Gasteiger partial charge < -0.3 is 9.47 Å². The number of halogens is 1. The van der Waals surface area contributed by atoms with Crippen molar-refractivity contribution in [2.75, 3.05) is 7.11 Å². The predicted molar refractivity (Wildman–Crippen MR) is 100 cm³/mol. The Hall–Kier alpha value is -2.47. The Kier molecular flexibility index (Phi) is 4.00. The maximum absolute atomic E-state index is 13.6. The lowest BCUT2D eigenvalue weighted by atomic mass is 9.83. The SMILES string of the molecule is CC[C@@]1(C(=O)c2ccccc2)[C@@H]2c3cc(Br)ccc3OC(=O)[C@@]21C(=O)OC. The first-order valence-corrected chi connectivity index (χ1v) is 9.44. The van der Waals surface area contributed by atoms with Gasteiger partial charge in [-0.2, -0.15) is 0 Å². The molecular formula is C21H17BrO5. The summed E-state index contributed by atoms with van der Waals surface area (Å²) in [6, 6.07) is 14.0. The molecule has 0 N–H and O–H groups in total. The molecule has 2 aromatic carbocycles. The minimum Gasteiger partial charge on any atom is -0.468 e. The van der Waals surface area contributed by atoms with E-state index in [0.29, 0.717) is 23.3 Å². The third-order valence-corrected chi connectivity index (χ3v) is 6.35. The van der Waals surface area contributed by atoms with Crippen LogP contribution in [-0.2, 0) is 14.3 Å². The third kappa shape index (κ3) is 2.07. The van der Waals surface area contributed by atoms with Crippen LogP contribution < -0.4 is 4.74 Å². The molecule has 138 valence electrons. The molecule has 0 amide bonds. The summed E-state index contributed by atoms with van der Waals surface area (Å²) >= 11 is 3.42. The highest BCUT2D eigenvalue weighted by molar-refractivity contribution is 9.10. The number of methoxy groups -OCH3 is 1. The fourth-order valence-electron chi connectivity index (χ4n) is 4.70. The van der Waals surface area contributed by atoms with E-state index in [9.17, 15) is 14.4 Å². The van der Waals surface area contributed by atoms with E-state index in [2.05, 4.69) is 15.9 Å². The van der Waals surface area contributed by atoms with E-state index in [4.69, 9.17) is 9.47 Å². The normalized spacial score (nSPS) is 27.8. The quantitative estimate of drug-likeness (QED) is 0.319. The zero-order valence-electron chi connectivity index (χ0n) is 14.8. The van der Waals surface area contributed by atoms with Crippen molar-refractivity contribution in [3.05, 3.63) is 64.1 Å². The number of Topliss-reactive ketones (excluding diaryl/α,β-unsaturated/α-hetero) is 1. The van der Waals surface area contributed by atoms with Crippen molar-refractivity contribution < 1.29 is 23.9 Å². The summed E-state index contributed by atoms with van der Waals surface area (Å²) in [5, 5.41) is 0. The summed E-state index contributed by atoms with van der Waals surface area (Å²) in [5.41, 5.74) is -1.76. The number of carbonyl (C=O) groups is 3. The average Bonchev–Trinajstić information content (AvgIpc) is 3.35. The molecule has 2 aromatic rings. The molecule has 1 heterocycles. The fraction of sp³-hybridized carbons (Fsp3) is 0.286. The first-order chi connectivity index (χ1) is 12.9. The molecule has 0 unspecified atom stereocenters. The van der Waals surface area contributed by atoms with E-state index < -0.39 is 28.7 Å². The van der Waals surface area contributed by atoms with Gasteiger partial charge in [0.25, 0.3) is 0 Å². The van der Waals surface area contributed by atoms with E-state index in [-0.39, 0.29) is 5.78 Å². The van der Waals surface area contributed by atoms with Crippen LogP contribution in [0.1, 0.15) is 35.2 Å². The highest BCUT2D eigenvalue weighted by Gasteiger charge is 2.90. The maximum atomic E-state index is 13.6. The lowest BCUT2D eigenvalue weighted by Gasteiger charge is -2.22. The van der Waals surface area contributed by atoms with E-state index in [0.717, 1.165) is 4.47 Å². The van der Waals surface area contributed by atoms with Crippen molar-refractivity contribution in [3.8, 4) is 5.75 Å². The highest BCUT2D eigenvalue weighted by Crippen LogP contribution is 2.80. The Bertz CT molecular complexity index is 970. The molecular weight excluding hydrogens is 412 g/mol. The molecule has 6 heteroatoms. The number of hydrogen-bond acceptors (Lipinski definition) is 5. The molecule has 0 spiro atoms. The van der Waals surface area contributed by atoms with Gasteiger partial charge in [-0.25, -0.2) is 0 Å². The van der Waals surface area contributed by atoms with Gasteiger partial charge in [0.2, 0.25) is 0 Å². The molecule has 0 aromatic heterocycles. The van der Waals surface area contributed by atoms with Crippen LogP contribution in [0, 0.1) is 10.8 Å². The second-order valence-corrected chi connectivity index (χ2v) is 7.74. The molecule has 0 saturated heterocycles. The predicted octanol–water partition coefficient (Wildman–Crippen LogP) is 3.90. The van der Waals surface area contributed by atoms with Gasteiger partial charge in [0.1, 0.15) is 5.75 Å². The largest absolute Gasteiger partial charge is 0.468 e. The lowest BCUT2D eigenvalue weighted by molar-refractivity contribution is -0.160. The topological polar surface area (TPSA) is 69.7 Å². The van der Waals surface area contributed by atoms with Crippen molar-refractivity contribution >= 4 is 33.7 Å². The van der Waals surface area contributed by atoms with Crippen LogP contribution in [0.15, 0.2) is 53.0 Å². The standard InChI is InChI=1S/C21H17BrO5/c1-3-20(17(23)12-7-5-4-6-8-12)16-14-11-13(22)9-10-15(14)27-19(25)21(16,20)18(24)26-2/h4-11,16H,3H2,1-2H3/t16-,20-,21-/m0/s1. The van der Waals surface area contributed by atoms with E-state index in [1.807, 2.05) is 13.0 Å². The van der Waals surface area contributed by atoms with Gasteiger partial charge in [-0.3, -0.25) is 14.4 Å². The van der Waals surface area contributed by atoms with E-state index in [1.165, 1.54) is 7.11 Å². The van der Waals surface area contributed by atoms with Crippen LogP contribution in [0.3, 0.4) is 0 Å². The number of carbonyl (C=O) groups excluding carboxylic acids is 3. The second-order valence-electron chi connectivity index (χ2n) is 6.82. The van der Waals surface area contributed by atoms with Gasteiger partial charge in [0.05, 0.1) is 12.5 Å². The Morgan fingerprint density at radius 1 is 1.19 bits per heavy atom. The number of hydrogen-bond donors (Lipinski definition) is 0. The first-order valence-electron chi connectivity index (χ1n) is 8.65. The average molecular weight is 429 g/mol. The number of fused-ring (bicyclic) bond motifs is 3. The van der Waals surface area contributed by atoms with Crippen LogP contribution in [0.4, 0.5) is 0 Å². The molecule has 27 heavy (non-hydrogen) atoms. The zero-order chi connectivity index (χ0) is 19.4. The summed E-state index contributed by atoms with van der Waals surface area (Å²) in [5.74, 6) is -1.94. The summed E-state index contributed by atoms with van der Waals surface area (Å²) in [6.45, 7) is 1.81. The monoisotopic (exact) mass is 428 g/mol. The molecule has 2 aliphatic rings. The Balaban J connectivity index is 1.97. The number of esters is 2. The van der Waals surface area contributed by atoms with Crippen molar-refractivity contribution in [2.45, 2.75) is 19.3 Å². The Morgan fingerprint density at radius 2 is 1.89 bits per heavy atom. The molecule has 0 bridgehead atoms.